The van der Waals surface area contributed by atoms with Gasteiger partial charge in [-0.3, -0.25) is 20.3 Å². The number of carbonyl (C=O) groups excluding carboxylic acids is 2. The first-order valence-corrected chi connectivity index (χ1v) is 10.6. The summed E-state index contributed by atoms with van der Waals surface area (Å²) < 4.78 is 6.32. The van der Waals surface area contributed by atoms with Gasteiger partial charge in [0.05, 0.1) is 0 Å². The quantitative estimate of drug-likeness (QED) is 0.639. The standard InChI is InChI=1S/C22H30N4O3/c1-13(2)11-24-17-4-3-5-19(17)29-15-6-7-16-14(10-15)12-26(21(16)23)18-8-9-20(27)25-22(18)28/h6-7,10,13,17-19,23-24H,3-5,8-9,11-12H2,1-2H3,(H,25,27,28)/t17-,18?,19-/m1/s1. The van der Waals surface area contributed by atoms with Gasteiger partial charge >= 0.3 is 0 Å². The summed E-state index contributed by atoms with van der Waals surface area (Å²) in [6.07, 6.45) is 4.28. The number of ether oxygens (including phenoxy) is 1. The highest BCUT2D eigenvalue weighted by molar-refractivity contribution is 6.06. The van der Waals surface area contributed by atoms with Crippen molar-refractivity contribution in [3.05, 3.63) is 29.3 Å². The molecule has 1 unspecified atom stereocenters. The number of imide groups is 1. The first kappa shape index (κ1) is 19.9. The Morgan fingerprint density at radius 3 is 2.86 bits per heavy atom. The Morgan fingerprint density at radius 2 is 2.10 bits per heavy atom. The van der Waals surface area contributed by atoms with Crippen LogP contribution in [0.25, 0.3) is 0 Å². The Kier molecular flexibility index (Phi) is 5.58. The molecule has 3 aliphatic rings. The van der Waals surface area contributed by atoms with Gasteiger partial charge in [-0.05, 0) is 61.9 Å². The van der Waals surface area contributed by atoms with Crippen LogP contribution in [0.5, 0.6) is 5.75 Å². The number of piperidine rings is 1. The summed E-state index contributed by atoms with van der Waals surface area (Å²) in [6.45, 7) is 5.91. The predicted molar refractivity (Wildman–Crippen MR) is 110 cm³/mol. The Hall–Kier alpha value is -2.41. The third-order valence-electron chi connectivity index (χ3n) is 6.07. The number of amidine groups is 1. The minimum absolute atomic E-state index is 0.166. The molecule has 0 radical (unpaired) electrons. The number of benzene rings is 1. The van der Waals surface area contributed by atoms with E-state index >= 15 is 0 Å². The lowest BCUT2D eigenvalue weighted by Crippen LogP contribution is -2.52. The molecule has 2 amide bonds. The fourth-order valence-corrected chi connectivity index (χ4v) is 4.53. The van der Waals surface area contributed by atoms with Crippen LogP contribution in [0.3, 0.4) is 0 Å². The summed E-state index contributed by atoms with van der Waals surface area (Å²) in [5, 5.41) is 14.5. The first-order chi connectivity index (χ1) is 13.9. The lowest BCUT2D eigenvalue weighted by Gasteiger charge is -2.30. The maximum atomic E-state index is 12.2. The molecular formula is C22H30N4O3. The van der Waals surface area contributed by atoms with Crippen molar-refractivity contribution >= 4 is 17.6 Å². The van der Waals surface area contributed by atoms with E-state index in [4.69, 9.17) is 10.1 Å². The Morgan fingerprint density at radius 1 is 1.28 bits per heavy atom. The Balaban J connectivity index is 1.43. The van der Waals surface area contributed by atoms with Gasteiger partial charge in [-0.25, -0.2) is 0 Å². The van der Waals surface area contributed by atoms with E-state index in [0.29, 0.717) is 37.2 Å². The zero-order valence-electron chi connectivity index (χ0n) is 17.2. The molecule has 2 fully saturated rings. The molecule has 3 N–H and O–H groups in total. The molecule has 2 heterocycles. The molecule has 0 bridgehead atoms. The second-order valence-electron chi connectivity index (χ2n) is 8.76. The molecule has 2 aliphatic heterocycles. The molecule has 4 rings (SSSR count). The van der Waals surface area contributed by atoms with Crippen LogP contribution >= 0.6 is 0 Å². The highest BCUT2D eigenvalue weighted by Crippen LogP contribution is 2.32. The maximum Gasteiger partial charge on any atom is 0.249 e. The van der Waals surface area contributed by atoms with E-state index in [0.717, 1.165) is 36.3 Å². The molecule has 0 spiro atoms. The molecule has 7 nitrogen and oxygen atoms in total. The molecule has 1 aromatic carbocycles. The van der Waals surface area contributed by atoms with Gasteiger partial charge in [-0.1, -0.05) is 13.8 Å². The number of nitrogens with zero attached hydrogens (tertiary/aromatic N) is 1. The first-order valence-electron chi connectivity index (χ1n) is 10.6. The average Bonchev–Trinajstić information content (AvgIpc) is 3.24. The predicted octanol–water partition coefficient (Wildman–Crippen LogP) is 2.18. The van der Waals surface area contributed by atoms with Crippen LogP contribution in [0, 0.1) is 11.3 Å². The zero-order valence-corrected chi connectivity index (χ0v) is 17.2. The van der Waals surface area contributed by atoms with Crippen LogP contribution in [0.2, 0.25) is 0 Å². The van der Waals surface area contributed by atoms with Gasteiger partial charge in [0.1, 0.15) is 23.7 Å². The summed E-state index contributed by atoms with van der Waals surface area (Å²) in [7, 11) is 0. The number of hydrogen-bond acceptors (Lipinski definition) is 5. The van der Waals surface area contributed by atoms with E-state index in [2.05, 4.69) is 24.5 Å². The number of carbonyl (C=O) groups is 2. The van der Waals surface area contributed by atoms with E-state index in [-0.39, 0.29) is 17.9 Å². The van der Waals surface area contributed by atoms with Gasteiger partial charge in [-0.15, -0.1) is 0 Å². The number of fused-ring (bicyclic) bond motifs is 1. The van der Waals surface area contributed by atoms with Gasteiger partial charge in [-0.2, -0.15) is 0 Å². The monoisotopic (exact) mass is 398 g/mol. The molecule has 1 aromatic rings. The molecule has 29 heavy (non-hydrogen) atoms. The molecule has 3 atom stereocenters. The summed E-state index contributed by atoms with van der Waals surface area (Å²) in [5.74, 6) is 1.24. The molecule has 7 heteroatoms. The average molecular weight is 399 g/mol. The fraction of sp³-hybridized carbons (Fsp3) is 0.591. The summed E-state index contributed by atoms with van der Waals surface area (Å²) in [6, 6.07) is 5.78. The smallest absolute Gasteiger partial charge is 0.249 e. The van der Waals surface area contributed by atoms with Crippen molar-refractivity contribution in [1.82, 2.24) is 15.5 Å². The number of hydrogen-bond donors (Lipinski definition) is 3. The Labute approximate surface area is 171 Å². The van der Waals surface area contributed by atoms with Crippen molar-refractivity contribution in [3.8, 4) is 5.75 Å². The topological polar surface area (TPSA) is 94.5 Å². The van der Waals surface area contributed by atoms with Crippen LogP contribution in [0.1, 0.15) is 57.1 Å². The maximum absolute atomic E-state index is 12.2. The van der Waals surface area contributed by atoms with E-state index in [1.807, 2.05) is 18.2 Å². The molecule has 1 saturated heterocycles. The largest absolute Gasteiger partial charge is 0.489 e. The van der Waals surface area contributed by atoms with Crippen molar-refractivity contribution in [2.24, 2.45) is 5.92 Å². The molecule has 1 saturated carbocycles. The van der Waals surface area contributed by atoms with Crippen LogP contribution in [0.15, 0.2) is 18.2 Å². The van der Waals surface area contributed by atoms with Gasteiger partial charge in [0.25, 0.3) is 0 Å². The van der Waals surface area contributed by atoms with Crippen molar-refractivity contribution in [1.29, 1.82) is 5.41 Å². The summed E-state index contributed by atoms with van der Waals surface area (Å²) >= 11 is 0. The van der Waals surface area contributed by atoms with Crippen molar-refractivity contribution in [2.75, 3.05) is 6.54 Å². The van der Waals surface area contributed by atoms with Crippen molar-refractivity contribution < 1.29 is 14.3 Å². The lowest BCUT2D eigenvalue weighted by atomic mass is 10.0. The molecule has 1 aliphatic carbocycles. The lowest BCUT2D eigenvalue weighted by molar-refractivity contribution is -0.136. The van der Waals surface area contributed by atoms with E-state index in [1.165, 1.54) is 6.42 Å². The second kappa shape index (κ2) is 8.14. The third kappa shape index (κ3) is 4.15. The fourth-order valence-electron chi connectivity index (χ4n) is 4.53. The normalized spacial score (nSPS) is 26.8. The highest BCUT2D eigenvalue weighted by atomic mass is 16.5. The zero-order chi connectivity index (χ0) is 20.5. The van der Waals surface area contributed by atoms with Gasteiger partial charge < -0.3 is 15.0 Å². The van der Waals surface area contributed by atoms with Crippen molar-refractivity contribution in [3.63, 3.8) is 0 Å². The van der Waals surface area contributed by atoms with Crippen LogP contribution in [-0.4, -0.2) is 47.3 Å². The number of rotatable bonds is 6. The Bertz CT molecular complexity index is 822. The van der Waals surface area contributed by atoms with Crippen LogP contribution < -0.4 is 15.4 Å². The van der Waals surface area contributed by atoms with Crippen molar-refractivity contribution in [2.45, 2.75) is 70.7 Å². The van der Waals surface area contributed by atoms with Crippen LogP contribution in [0.4, 0.5) is 0 Å². The van der Waals surface area contributed by atoms with Gasteiger partial charge in [0, 0.05) is 24.6 Å². The minimum atomic E-state index is -0.462. The molecule has 156 valence electrons. The third-order valence-corrected chi connectivity index (χ3v) is 6.07. The summed E-state index contributed by atoms with van der Waals surface area (Å²) in [4.78, 5) is 25.4. The minimum Gasteiger partial charge on any atom is -0.489 e. The summed E-state index contributed by atoms with van der Waals surface area (Å²) in [5.41, 5.74) is 1.84. The second-order valence-corrected chi connectivity index (χ2v) is 8.76. The highest BCUT2D eigenvalue weighted by Gasteiger charge is 2.37. The SMILES string of the molecule is CC(C)CN[C@@H]1CCC[C@H]1Oc1ccc2c(c1)CN(C1CCC(=O)NC1=O)C2=N. The van der Waals surface area contributed by atoms with Gasteiger partial charge in [0.2, 0.25) is 11.8 Å². The van der Waals surface area contributed by atoms with Crippen LogP contribution in [-0.2, 0) is 16.1 Å². The van der Waals surface area contributed by atoms with E-state index in [9.17, 15) is 9.59 Å². The number of nitrogens with one attached hydrogen (secondary N) is 3. The molecule has 0 aromatic heterocycles. The van der Waals surface area contributed by atoms with E-state index < -0.39 is 6.04 Å². The number of amides is 2. The van der Waals surface area contributed by atoms with Gasteiger partial charge in [0.15, 0.2) is 0 Å². The van der Waals surface area contributed by atoms with E-state index in [1.54, 1.807) is 4.90 Å². The molecular weight excluding hydrogens is 368 g/mol.